The fraction of sp³-hybridized carbons (Fsp3) is 0.730. The molecule has 8 nitrogen and oxygen atoms in total. The molecule has 0 aromatic carbocycles. The number of Topliss-reactive ketones (excluding diaryl/α,β-unsaturated/α-hetero) is 1. The van der Waals surface area contributed by atoms with Crippen LogP contribution >= 0.6 is 0 Å². The van der Waals surface area contributed by atoms with Gasteiger partial charge in [-0.25, -0.2) is 0 Å². The van der Waals surface area contributed by atoms with Crippen molar-refractivity contribution in [1.29, 1.82) is 0 Å². The van der Waals surface area contributed by atoms with E-state index in [2.05, 4.69) is 33.8 Å². The van der Waals surface area contributed by atoms with Crippen molar-refractivity contribution >= 4 is 11.8 Å². The zero-order valence-corrected chi connectivity index (χ0v) is 28.8. The molecule has 8 heteroatoms. The molecule has 4 fully saturated rings. The van der Waals surface area contributed by atoms with E-state index >= 15 is 0 Å². The van der Waals surface area contributed by atoms with Crippen molar-refractivity contribution in [3.63, 3.8) is 0 Å². The van der Waals surface area contributed by atoms with E-state index in [4.69, 9.17) is 14.2 Å². The van der Waals surface area contributed by atoms with E-state index in [1.54, 1.807) is 0 Å². The second kappa shape index (κ2) is 13.6. The first kappa shape index (κ1) is 35.7. The van der Waals surface area contributed by atoms with Crippen molar-refractivity contribution in [1.82, 2.24) is 0 Å². The summed E-state index contributed by atoms with van der Waals surface area (Å²) in [5.41, 5.74) is 3.56. The van der Waals surface area contributed by atoms with E-state index in [1.165, 1.54) is 6.92 Å². The van der Waals surface area contributed by atoms with E-state index in [9.17, 15) is 24.9 Å². The number of allylic oxidation sites excluding steroid dienone is 6. The summed E-state index contributed by atoms with van der Waals surface area (Å²) in [6.07, 6.45) is 7.33. The molecule has 4 aliphatic rings. The Kier molecular flexibility index (Phi) is 10.8. The molecule has 0 bridgehead atoms. The highest BCUT2D eigenvalue weighted by Gasteiger charge is 2.65. The van der Waals surface area contributed by atoms with E-state index in [-0.39, 0.29) is 46.6 Å². The summed E-state index contributed by atoms with van der Waals surface area (Å²) < 4.78 is 17.4. The van der Waals surface area contributed by atoms with Gasteiger partial charge in [-0.2, -0.15) is 0 Å². The lowest BCUT2D eigenvalue weighted by molar-refractivity contribution is -0.278. The van der Waals surface area contributed by atoms with E-state index in [0.717, 1.165) is 48.0 Å². The topological polar surface area (TPSA) is 123 Å². The summed E-state index contributed by atoms with van der Waals surface area (Å²) in [6, 6.07) is 0. The number of aliphatic hydroxyl groups is 3. The zero-order valence-electron chi connectivity index (χ0n) is 28.8. The molecule has 1 unspecified atom stereocenters. The van der Waals surface area contributed by atoms with Crippen LogP contribution in [0.2, 0.25) is 0 Å². The average Bonchev–Trinajstić information content (AvgIpc) is 3.23. The Labute approximate surface area is 269 Å². The Hall–Kier alpha value is -2.10. The van der Waals surface area contributed by atoms with Crippen LogP contribution in [-0.4, -0.2) is 70.5 Å². The predicted octanol–water partition coefficient (Wildman–Crippen LogP) is 5.75. The number of carbonyl (C=O) groups excluding carboxylic acids is 2. The number of aliphatic hydroxyl groups excluding tert-OH is 3. The second-order valence-corrected chi connectivity index (χ2v) is 15.4. The van der Waals surface area contributed by atoms with Gasteiger partial charge < -0.3 is 29.5 Å². The van der Waals surface area contributed by atoms with Crippen molar-refractivity contribution in [3.8, 4) is 0 Å². The molecule has 0 spiro atoms. The van der Waals surface area contributed by atoms with Crippen LogP contribution in [0.5, 0.6) is 0 Å². The highest BCUT2D eigenvalue weighted by Crippen LogP contribution is 2.69. The summed E-state index contributed by atoms with van der Waals surface area (Å²) in [7, 11) is 0. The average molecular weight is 629 g/mol. The van der Waals surface area contributed by atoms with Gasteiger partial charge in [0, 0.05) is 29.7 Å². The number of hydrogen-bond acceptors (Lipinski definition) is 8. The first-order valence-electron chi connectivity index (χ1n) is 16.6. The van der Waals surface area contributed by atoms with Crippen molar-refractivity contribution in [2.45, 2.75) is 138 Å². The van der Waals surface area contributed by atoms with Crippen LogP contribution in [-0.2, 0) is 23.8 Å². The highest BCUT2D eigenvalue weighted by atomic mass is 16.7. The third-order valence-electron chi connectivity index (χ3n) is 11.6. The second-order valence-electron chi connectivity index (χ2n) is 15.4. The normalized spacial score (nSPS) is 40.0. The van der Waals surface area contributed by atoms with Crippen LogP contribution in [0.25, 0.3) is 0 Å². The van der Waals surface area contributed by atoms with Crippen LogP contribution < -0.4 is 0 Å². The van der Waals surface area contributed by atoms with E-state index in [1.807, 2.05) is 45.9 Å². The summed E-state index contributed by atoms with van der Waals surface area (Å²) in [5, 5.41) is 30.4. The highest BCUT2D eigenvalue weighted by molar-refractivity contribution is 6.00. The molecule has 10 atom stereocenters. The SMILES string of the molecule is CC(=O)O[C@@H]1CC[C@@]2(C)[C@@H](CC[C@]3(C)/C(=C(C)/C=C/C=C(\C)C(CC=C(C)C)O[C@H]4OC[C@@H](O)[C@@H](O)[C@H]4O)C(=O)C[C@@H]23)C1(C)C. The maximum Gasteiger partial charge on any atom is 0.302 e. The zero-order chi connectivity index (χ0) is 33.5. The fourth-order valence-electron chi connectivity index (χ4n) is 9.26. The number of carbonyl (C=O) groups is 2. The summed E-state index contributed by atoms with van der Waals surface area (Å²) >= 11 is 0. The van der Waals surface area contributed by atoms with Gasteiger partial charge in [-0.3, -0.25) is 9.59 Å². The Bertz CT molecular complexity index is 1250. The fourth-order valence-corrected chi connectivity index (χ4v) is 9.26. The van der Waals surface area contributed by atoms with Crippen LogP contribution in [0, 0.1) is 28.1 Å². The third-order valence-corrected chi connectivity index (χ3v) is 11.6. The molecule has 1 saturated heterocycles. The van der Waals surface area contributed by atoms with Crippen molar-refractivity contribution in [3.05, 3.63) is 46.6 Å². The van der Waals surface area contributed by atoms with E-state index in [0.29, 0.717) is 18.8 Å². The molecule has 1 aliphatic heterocycles. The van der Waals surface area contributed by atoms with Gasteiger partial charge in [0.15, 0.2) is 12.1 Å². The minimum atomic E-state index is -1.36. The molecule has 3 N–H and O–H groups in total. The first-order chi connectivity index (χ1) is 20.9. The monoisotopic (exact) mass is 628 g/mol. The number of hydrogen-bond donors (Lipinski definition) is 3. The largest absolute Gasteiger partial charge is 0.462 e. The number of rotatable bonds is 8. The number of ether oxygens (including phenoxy) is 3. The molecule has 0 aromatic heterocycles. The van der Waals surface area contributed by atoms with Crippen molar-refractivity contribution in [2.24, 2.45) is 28.1 Å². The lowest BCUT2D eigenvalue weighted by Gasteiger charge is -2.62. The standard InChI is InChI=1S/C37H56O8/c1-21(2)13-14-27(45-34-33(42)32(41)26(40)20-43-34)22(3)11-10-12-23(4)31-25(39)19-29-36(8)18-16-30(44-24(5)38)35(6,7)28(36)15-17-37(29,31)9/h10-13,26-30,32-34,40-42H,14-20H2,1-9H3/b12-10+,22-11+,31-23+/t26-,27?,28+,29+,30-,32-,33-,34-,36+,37+/m1/s1. The smallest absolute Gasteiger partial charge is 0.302 e. The summed E-state index contributed by atoms with van der Waals surface area (Å²) in [4.78, 5) is 25.6. The quantitative estimate of drug-likeness (QED) is 0.134. The lowest BCUT2D eigenvalue weighted by atomic mass is 9.43. The van der Waals surface area contributed by atoms with Gasteiger partial charge in [0.25, 0.3) is 0 Å². The van der Waals surface area contributed by atoms with Gasteiger partial charge >= 0.3 is 5.97 Å². The molecule has 4 rings (SSSR count). The molecule has 3 aliphatic carbocycles. The molecule has 1 heterocycles. The van der Waals surface area contributed by atoms with Crippen LogP contribution in [0.4, 0.5) is 0 Å². The van der Waals surface area contributed by atoms with Crippen LogP contribution in [0.3, 0.4) is 0 Å². The Morgan fingerprint density at radius 3 is 2.33 bits per heavy atom. The number of esters is 1. The maximum atomic E-state index is 13.8. The number of fused-ring (bicyclic) bond motifs is 3. The molecule has 252 valence electrons. The molecule has 45 heavy (non-hydrogen) atoms. The van der Waals surface area contributed by atoms with Crippen LogP contribution in [0.1, 0.15) is 101 Å². The summed E-state index contributed by atoms with van der Waals surface area (Å²) in [6.45, 7) is 18.5. The minimum absolute atomic E-state index is 0.0179. The maximum absolute atomic E-state index is 13.8. The van der Waals surface area contributed by atoms with Crippen molar-refractivity contribution < 1.29 is 39.1 Å². The van der Waals surface area contributed by atoms with Crippen molar-refractivity contribution in [2.75, 3.05) is 6.61 Å². The van der Waals surface area contributed by atoms with Gasteiger partial charge in [-0.05, 0) is 88.2 Å². The Morgan fingerprint density at radius 1 is 1.00 bits per heavy atom. The molecular weight excluding hydrogens is 572 g/mol. The predicted molar refractivity (Wildman–Crippen MR) is 173 cm³/mol. The van der Waals surface area contributed by atoms with Gasteiger partial charge in [-0.1, -0.05) is 57.6 Å². The molecule has 0 radical (unpaired) electrons. The van der Waals surface area contributed by atoms with Gasteiger partial charge in [0.1, 0.15) is 24.4 Å². The van der Waals surface area contributed by atoms with E-state index < -0.39 is 30.7 Å². The van der Waals surface area contributed by atoms with Gasteiger partial charge in [-0.15, -0.1) is 0 Å². The van der Waals surface area contributed by atoms with Gasteiger partial charge in [0.2, 0.25) is 0 Å². The minimum Gasteiger partial charge on any atom is -0.462 e. The number of ketones is 1. The van der Waals surface area contributed by atoms with Gasteiger partial charge in [0.05, 0.1) is 12.7 Å². The molecule has 0 amide bonds. The molecular formula is C37H56O8. The molecule has 3 saturated carbocycles. The lowest BCUT2D eigenvalue weighted by Crippen LogP contribution is -2.58. The Morgan fingerprint density at radius 2 is 1.69 bits per heavy atom. The van der Waals surface area contributed by atoms with Crippen LogP contribution in [0.15, 0.2) is 46.6 Å². The first-order valence-corrected chi connectivity index (χ1v) is 16.6. The molecule has 0 aromatic rings. The summed E-state index contributed by atoms with van der Waals surface area (Å²) in [5.74, 6) is 0.616. The Balaban J connectivity index is 1.55. The third kappa shape index (κ3) is 6.96.